The van der Waals surface area contributed by atoms with E-state index in [1.165, 1.54) is 54.2 Å². The third-order valence-corrected chi connectivity index (χ3v) is 10.8. The van der Waals surface area contributed by atoms with E-state index < -0.39 is 0 Å². The number of fused-ring (bicyclic) bond motifs is 11. The lowest BCUT2D eigenvalue weighted by atomic mass is 9.93. The summed E-state index contributed by atoms with van der Waals surface area (Å²) in [5, 5.41) is 14.5. The van der Waals surface area contributed by atoms with Crippen LogP contribution < -0.4 is 4.90 Å². The molecule has 52 heavy (non-hydrogen) atoms. The Kier molecular flexibility index (Phi) is 6.28. The number of furan rings is 1. The first-order valence-corrected chi connectivity index (χ1v) is 17.8. The minimum absolute atomic E-state index is 0.899. The van der Waals surface area contributed by atoms with Crippen LogP contribution in [0.1, 0.15) is 0 Å². The zero-order valence-corrected chi connectivity index (χ0v) is 28.3. The Labute approximate surface area is 300 Å². The van der Waals surface area contributed by atoms with E-state index in [-0.39, 0.29) is 0 Å². The van der Waals surface area contributed by atoms with E-state index in [0.717, 1.165) is 49.8 Å². The number of rotatable bonds is 4. The van der Waals surface area contributed by atoms with Crippen LogP contribution in [0.4, 0.5) is 17.1 Å². The van der Waals surface area contributed by atoms with Gasteiger partial charge in [0.15, 0.2) is 0 Å². The van der Waals surface area contributed by atoms with Crippen molar-refractivity contribution in [3.05, 3.63) is 188 Å². The van der Waals surface area contributed by atoms with Crippen molar-refractivity contribution >= 4 is 92.9 Å². The zero-order valence-electron chi connectivity index (χ0n) is 28.3. The smallest absolute Gasteiger partial charge is 0.145 e. The predicted octanol–water partition coefficient (Wildman–Crippen LogP) is 14.5. The molecule has 2 nitrogen and oxygen atoms in total. The van der Waals surface area contributed by atoms with Gasteiger partial charge in [0, 0.05) is 27.5 Å². The van der Waals surface area contributed by atoms with E-state index in [1.54, 1.807) is 0 Å². The summed E-state index contributed by atoms with van der Waals surface area (Å²) >= 11 is 0. The second kappa shape index (κ2) is 11.3. The highest BCUT2D eigenvalue weighted by Gasteiger charge is 2.20. The molecule has 0 amide bonds. The van der Waals surface area contributed by atoms with Crippen molar-refractivity contribution in [2.45, 2.75) is 0 Å². The first kappa shape index (κ1) is 28.9. The number of anilines is 3. The van der Waals surface area contributed by atoms with Crippen molar-refractivity contribution in [3.63, 3.8) is 0 Å². The summed E-state index contributed by atoms with van der Waals surface area (Å²) in [4.78, 5) is 2.39. The molecule has 0 saturated carbocycles. The largest absolute Gasteiger partial charge is 0.455 e. The molecular weight excluding hydrogens is 631 g/mol. The summed E-state index contributed by atoms with van der Waals surface area (Å²) in [5.74, 6) is 0. The molecule has 0 aliphatic carbocycles. The van der Waals surface area contributed by atoms with Crippen molar-refractivity contribution < 1.29 is 4.42 Å². The first-order valence-electron chi connectivity index (χ1n) is 17.8. The SMILES string of the molecule is c1ccc2c(c1)ccc1cc(N(c3ccc(-c4cc5ccccc5c5ccccc45)cc3)c3cccc4ccc5c6ccccc6oc5c34)ccc12. The summed E-state index contributed by atoms with van der Waals surface area (Å²) in [6.45, 7) is 0. The topological polar surface area (TPSA) is 16.4 Å². The molecule has 1 heterocycles. The summed E-state index contributed by atoms with van der Waals surface area (Å²) in [6, 6.07) is 68.1. The molecule has 0 unspecified atom stereocenters. The van der Waals surface area contributed by atoms with Crippen molar-refractivity contribution in [2.75, 3.05) is 4.90 Å². The van der Waals surface area contributed by atoms with E-state index in [1.807, 2.05) is 6.07 Å². The van der Waals surface area contributed by atoms with E-state index in [0.29, 0.717) is 0 Å². The van der Waals surface area contributed by atoms with Gasteiger partial charge in [-0.1, -0.05) is 140 Å². The second-order valence-corrected chi connectivity index (χ2v) is 13.7. The molecule has 1 aromatic heterocycles. The Balaban J connectivity index is 1.15. The number of nitrogens with zero attached hydrogens (tertiary/aromatic N) is 1. The number of hydrogen-bond donors (Lipinski definition) is 0. The van der Waals surface area contributed by atoms with Crippen LogP contribution in [-0.4, -0.2) is 0 Å². The van der Waals surface area contributed by atoms with E-state index in [4.69, 9.17) is 4.42 Å². The lowest BCUT2D eigenvalue weighted by Gasteiger charge is -2.27. The van der Waals surface area contributed by atoms with Crippen LogP contribution in [0.15, 0.2) is 192 Å². The molecule has 0 saturated heterocycles. The fourth-order valence-electron chi connectivity index (χ4n) is 8.37. The molecule has 0 aliphatic rings. The lowest BCUT2D eigenvalue weighted by molar-refractivity contribution is 0.672. The highest BCUT2D eigenvalue weighted by molar-refractivity contribution is 6.20. The Morgan fingerprint density at radius 2 is 0.923 bits per heavy atom. The number of para-hydroxylation sites is 1. The molecule has 11 rings (SSSR count). The summed E-state index contributed by atoms with van der Waals surface area (Å²) in [7, 11) is 0. The van der Waals surface area contributed by atoms with Crippen molar-refractivity contribution in [1.29, 1.82) is 0 Å². The standard InChI is InChI=1S/C50H31NO/c1-3-13-39-32(10-1)20-21-36-30-38(27-29-41(36)39)51(47-18-9-12-34-24-28-45-44-17-7-8-19-48(44)52-50(45)49(34)47)37-25-22-33(23-26-37)46-31-35-11-2-4-14-40(35)42-15-5-6-16-43(42)46/h1-31H. The molecule has 11 aromatic rings. The first-order chi connectivity index (χ1) is 25.8. The van der Waals surface area contributed by atoms with Crippen LogP contribution >= 0.6 is 0 Å². The van der Waals surface area contributed by atoms with Crippen LogP contribution in [0.3, 0.4) is 0 Å². The fraction of sp³-hybridized carbons (Fsp3) is 0. The van der Waals surface area contributed by atoms with Gasteiger partial charge in [0.2, 0.25) is 0 Å². The van der Waals surface area contributed by atoms with E-state index in [9.17, 15) is 0 Å². The number of hydrogen-bond acceptors (Lipinski definition) is 2. The summed E-state index contributed by atoms with van der Waals surface area (Å²) in [6.07, 6.45) is 0. The van der Waals surface area contributed by atoms with Crippen LogP contribution in [0.25, 0.3) is 86.9 Å². The second-order valence-electron chi connectivity index (χ2n) is 13.7. The normalized spacial score (nSPS) is 11.8. The highest BCUT2D eigenvalue weighted by atomic mass is 16.3. The molecular formula is C50H31NO. The van der Waals surface area contributed by atoms with E-state index in [2.05, 4.69) is 187 Å². The van der Waals surface area contributed by atoms with Gasteiger partial charge >= 0.3 is 0 Å². The van der Waals surface area contributed by atoms with Gasteiger partial charge < -0.3 is 9.32 Å². The molecule has 0 aliphatic heterocycles. The zero-order chi connectivity index (χ0) is 34.2. The van der Waals surface area contributed by atoms with Crippen molar-refractivity contribution in [2.24, 2.45) is 0 Å². The Morgan fingerprint density at radius 1 is 0.346 bits per heavy atom. The molecule has 10 aromatic carbocycles. The van der Waals surface area contributed by atoms with Gasteiger partial charge in [-0.3, -0.25) is 0 Å². The Morgan fingerprint density at radius 3 is 1.77 bits per heavy atom. The fourth-order valence-corrected chi connectivity index (χ4v) is 8.37. The maximum absolute atomic E-state index is 6.67. The molecule has 0 spiro atoms. The highest BCUT2D eigenvalue weighted by Crippen LogP contribution is 2.45. The third-order valence-electron chi connectivity index (χ3n) is 10.8. The predicted molar refractivity (Wildman–Crippen MR) is 221 cm³/mol. The minimum Gasteiger partial charge on any atom is -0.455 e. The van der Waals surface area contributed by atoms with Crippen LogP contribution in [0.2, 0.25) is 0 Å². The average Bonchev–Trinajstić information content (AvgIpc) is 3.60. The Bertz CT molecular complexity index is 3190. The van der Waals surface area contributed by atoms with Gasteiger partial charge in [0.1, 0.15) is 11.2 Å². The minimum atomic E-state index is 0.899. The molecule has 0 radical (unpaired) electrons. The maximum Gasteiger partial charge on any atom is 0.145 e. The quantitative estimate of drug-likeness (QED) is 0.175. The van der Waals surface area contributed by atoms with Gasteiger partial charge in [-0.15, -0.1) is 0 Å². The van der Waals surface area contributed by atoms with Gasteiger partial charge in [-0.2, -0.15) is 0 Å². The monoisotopic (exact) mass is 661 g/mol. The van der Waals surface area contributed by atoms with Crippen molar-refractivity contribution in [1.82, 2.24) is 0 Å². The van der Waals surface area contributed by atoms with Crippen LogP contribution in [0.5, 0.6) is 0 Å². The molecule has 0 N–H and O–H groups in total. The summed E-state index contributed by atoms with van der Waals surface area (Å²) in [5.41, 5.74) is 7.47. The van der Waals surface area contributed by atoms with Gasteiger partial charge in [0.25, 0.3) is 0 Å². The van der Waals surface area contributed by atoms with Gasteiger partial charge in [-0.25, -0.2) is 0 Å². The van der Waals surface area contributed by atoms with Crippen LogP contribution in [-0.2, 0) is 0 Å². The van der Waals surface area contributed by atoms with Gasteiger partial charge in [0.05, 0.1) is 5.69 Å². The maximum atomic E-state index is 6.67. The third kappa shape index (κ3) is 4.38. The lowest BCUT2D eigenvalue weighted by Crippen LogP contribution is -2.10. The van der Waals surface area contributed by atoms with Crippen LogP contribution in [0, 0.1) is 0 Å². The molecule has 0 atom stereocenters. The summed E-state index contributed by atoms with van der Waals surface area (Å²) < 4.78 is 6.67. The Hall–Kier alpha value is -6.90. The average molecular weight is 662 g/mol. The molecule has 242 valence electrons. The molecule has 2 heteroatoms. The van der Waals surface area contributed by atoms with Crippen molar-refractivity contribution in [3.8, 4) is 11.1 Å². The molecule has 0 bridgehead atoms. The molecule has 0 fully saturated rings. The number of benzene rings is 10. The van der Waals surface area contributed by atoms with Gasteiger partial charge in [-0.05, 0) is 108 Å². The van der Waals surface area contributed by atoms with E-state index >= 15 is 0 Å².